The van der Waals surface area contributed by atoms with Crippen LogP contribution in [0.3, 0.4) is 0 Å². The third-order valence-electron chi connectivity index (χ3n) is 4.19. The first-order valence-corrected chi connectivity index (χ1v) is 7.25. The highest BCUT2D eigenvalue weighted by molar-refractivity contribution is 5.90. The van der Waals surface area contributed by atoms with Crippen molar-refractivity contribution in [1.29, 1.82) is 0 Å². The minimum atomic E-state index is -0.259. The van der Waals surface area contributed by atoms with E-state index in [1.54, 1.807) is 11.9 Å². The van der Waals surface area contributed by atoms with Crippen LogP contribution < -0.4 is 5.32 Å². The molecule has 0 aliphatic heterocycles. The Labute approximate surface area is 120 Å². The monoisotopic (exact) mass is 276 g/mol. The Balaban J connectivity index is 1.97. The fourth-order valence-corrected chi connectivity index (χ4v) is 2.88. The molecule has 0 saturated heterocycles. The minimum Gasteiger partial charge on any atom is -0.393 e. The third kappa shape index (κ3) is 3.31. The molecule has 2 N–H and O–H groups in total. The number of aliphatic hydroxyl groups excluding tert-OH is 1. The van der Waals surface area contributed by atoms with Gasteiger partial charge in [0.2, 0.25) is 0 Å². The van der Waals surface area contributed by atoms with Crippen molar-refractivity contribution >= 4 is 11.7 Å². The SMILES string of the molecule is Cc1cccc(C)c1NC(=O)N(C)CC1CCCC1O. The van der Waals surface area contributed by atoms with Crippen LogP contribution in [0.25, 0.3) is 0 Å². The highest BCUT2D eigenvalue weighted by atomic mass is 16.3. The number of nitrogens with zero attached hydrogens (tertiary/aromatic N) is 1. The van der Waals surface area contributed by atoms with E-state index in [2.05, 4.69) is 5.32 Å². The first-order valence-electron chi connectivity index (χ1n) is 7.25. The van der Waals surface area contributed by atoms with E-state index in [9.17, 15) is 9.90 Å². The van der Waals surface area contributed by atoms with Crippen molar-refractivity contribution in [2.24, 2.45) is 5.92 Å². The van der Waals surface area contributed by atoms with Crippen LogP contribution in [0, 0.1) is 19.8 Å². The van der Waals surface area contributed by atoms with Gasteiger partial charge in [-0.3, -0.25) is 0 Å². The van der Waals surface area contributed by atoms with Gasteiger partial charge < -0.3 is 15.3 Å². The molecular formula is C16H24N2O2. The van der Waals surface area contributed by atoms with Crippen molar-refractivity contribution in [3.05, 3.63) is 29.3 Å². The van der Waals surface area contributed by atoms with Crippen LogP contribution in [-0.4, -0.2) is 35.7 Å². The van der Waals surface area contributed by atoms with Crippen LogP contribution in [0.4, 0.5) is 10.5 Å². The number of urea groups is 1. The second kappa shape index (κ2) is 6.27. The zero-order valence-electron chi connectivity index (χ0n) is 12.5. The zero-order valence-corrected chi connectivity index (χ0v) is 12.5. The van der Waals surface area contributed by atoms with Gasteiger partial charge in [-0.15, -0.1) is 0 Å². The van der Waals surface area contributed by atoms with Gasteiger partial charge in [0.1, 0.15) is 0 Å². The van der Waals surface area contributed by atoms with Gasteiger partial charge >= 0.3 is 6.03 Å². The number of anilines is 1. The number of hydrogen-bond donors (Lipinski definition) is 2. The molecule has 1 aromatic rings. The molecule has 2 atom stereocenters. The summed E-state index contributed by atoms with van der Waals surface area (Å²) >= 11 is 0. The maximum atomic E-state index is 12.2. The molecule has 20 heavy (non-hydrogen) atoms. The maximum Gasteiger partial charge on any atom is 0.321 e. The number of carbonyl (C=O) groups is 1. The molecule has 1 saturated carbocycles. The van der Waals surface area contributed by atoms with Crippen LogP contribution in [0.5, 0.6) is 0 Å². The standard InChI is InChI=1S/C16H24N2O2/c1-11-6-4-7-12(2)15(11)17-16(20)18(3)10-13-8-5-9-14(13)19/h4,6-7,13-14,19H,5,8-10H2,1-3H3,(H,17,20). The molecule has 4 nitrogen and oxygen atoms in total. The number of para-hydroxylation sites is 1. The van der Waals surface area contributed by atoms with Gasteiger partial charge in [-0.1, -0.05) is 24.6 Å². The molecule has 4 heteroatoms. The predicted octanol–water partition coefficient (Wildman–Crippen LogP) is 2.93. The van der Waals surface area contributed by atoms with E-state index >= 15 is 0 Å². The Morgan fingerprint density at radius 3 is 2.55 bits per heavy atom. The van der Waals surface area contributed by atoms with Crippen molar-refractivity contribution in [2.45, 2.75) is 39.2 Å². The third-order valence-corrected chi connectivity index (χ3v) is 4.19. The van der Waals surface area contributed by atoms with E-state index in [1.165, 1.54) is 0 Å². The molecule has 110 valence electrons. The average Bonchev–Trinajstić information content (AvgIpc) is 2.79. The van der Waals surface area contributed by atoms with Gasteiger partial charge in [0.05, 0.1) is 6.10 Å². The van der Waals surface area contributed by atoms with Gasteiger partial charge in [0.15, 0.2) is 0 Å². The van der Waals surface area contributed by atoms with E-state index in [4.69, 9.17) is 0 Å². The van der Waals surface area contributed by atoms with Crippen LogP contribution >= 0.6 is 0 Å². The summed E-state index contributed by atoms with van der Waals surface area (Å²) in [6.45, 7) is 4.59. The Morgan fingerprint density at radius 2 is 2.00 bits per heavy atom. The quantitative estimate of drug-likeness (QED) is 0.892. The fourth-order valence-electron chi connectivity index (χ4n) is 2.88. The molecular weight excluding hydrogens is 252 g/mol. The molecule has 1 fully saturated rings. The Bertz CT molecular complexity index is 467. The number of benzene rings is 1. The summed E-state index contributed by atoms with van der Waals surface area (Å²) in [4.78, 5) is 13.9. The van der Waals surface area contributed by atoms with E-state index in [0.717, 1.165) is 36.1 Å². The van der Waals surface area contributed by atoms with Crippen molar-refractivity contribution < 1.29 is 9.90 Å². The first kappa shape index (κ1) is 14.9. The summed E-state index contributed by atoms with van der Waals surface area (Å²) < 4.78 is 0. The molecule has 1 aromatic carbocycles. The molecule has 0 bridgehead atoms. The number of hydrogen-bond acceptors (Lipinski definition) is 2. The van der Waals surface area contributed by atoms with Crippen LogP contribution in [0.15, 0.2) is 18.2 Å². The van der Waals surface area contributed by atoms with Crippen LogP contribution in [0.1, 0.15) is 30.4 Å². The van der Waals surface area contributed by atoms with Crippen molar-refractivity contribution in [3.63, 3.8) is 0 Å². The number of carbonyl (C=O) groups excluding carboxylic acids is 1. The average molecular weight is 276 g/mol. The predicted molar refractivity (Wildman–Crippen MR) is 80.9 cm³/mol. The minimum absolute atomic E-state index is 0.110. The summed E-state index contributed by atoms with van der Waals surface area (Å²) in [6.07, 6.45) is 2.66. The molecule has 2 amide bonds. The molecule has 2 rings (SSSR count). The molecule has 0 aromatic heterocycles. The Hall–Kier alpha value is -1.55. The van der Waals surface area contributed by atoms with E-state index in [-0.39, 0.29) is 18.1 Å². The largest absolute Gasteiger partial charge is 0.393 e. The van der Waals surface area contributed by atoms with Crippen LogP contribution in [-0.2, 0) is 0 Å². The van der Waals surface area contributed by atoms with Gasteiger partial charge in [-0.25, -0.2) is 4.79 Å². The molecule has 0 heterocycles. The highest BCUT2D eigenvalue weighted by Gasteiger charge is 2.27. The Morgan fingerprint density at radius 1 is 1.35 bits per heavy atom. The van der Waals surface area contributed by atoms with E-state index < -0.39 is 0 Å². The van der Waals surface area contributed by atoms with Crippen LogP contribution in [0.2, 0.25) is 0 Å². The van der Waals surface area contributed by atoms with Crippen molar-refractivity contribution in [1.82, 2.24) is 4.90 Å². The smallest absolute Gasteiger partial charge is 0.321 e. The first-order chi connectivity index (χ1) is 9.49. The number of nitrogens with one attached hydrogen (secondary N) is 1. The zero-order chi connectivity index (χ0) is 14.7. The van der Waals surface area contributed by atoms with Gasteiger partial charge in [-0.2, -0.15) is 0 Å². The number of aryl methyl sites for hydroxylation is 2. The second-order valence-corrected chi connectivity index (χ2v) is 5.84. The second-order valence-electron chi connectivity index (χ2n) is 5.84. The van der Waals surface area contributed by atoms with Gasteiger partial charge in [0.25, 0.3) is 0 Å². The summed E-state index contributed by atoms with van der Waals surface area (Å²) in [5, 5.41) is 12.8. The van der Waals surface area contributed by atoms with Crippen molar-refractivity contribution in [2.75, 3.05) is 18.9 Å². The van der Waals surface area contributed by atoms with Gasteiger partial charge in [-0.05, 0) is 37.8 Å². The molecule has 0 spiro atoms. The normalized spacial score (nSPS) is 21.8. The number of aliphatic hydroxyl groups is 1. The lowest BCUT2D eigenvalue weighted by Crippen LogP contribution is -2.37. The Kier molecular flexibility index (Phi) is 4.65. The molecule has 2 unspecified atom stereocenters. The van der Waals surface area contributed by atoms with E-state index in [0.29, 0.717) is 6.54 Å². The highest BCUT2D eigenvalue weighted by Crippen LogP contribution is 2.26. The molecule has 0 radical (unpaired) electrons. The topological polar surface area (TPSA) is 52.6 Å². The molecule has 1 aliphatic rings. The lowest BCUT2D eigenvalue weighted by Gasteiger charge is -2.24. The van der Waals surface area contributed by atoms with E-state index in [1.807, 2.05) is 32.0 Å². The summed E-state index contributed by atoms with van der Waals surface area (Å²) in [5.41, 5.74) is 3.01. The lowest BCUT2D eigenvalue weighted by molar-refractivity contribution is 0.116. The number of rotatable bonds is 3. The maximum absolute atomic E-state index is 12.2. The summed E-state index contributed by atoms with van der Waals surface area (Å²) in [7, 11) is 1.79. The summed E-state index contributed by atoms with van der Waals surface area (Å²) in [5.74, 6) is 0.212. The fraction of sp³-hybridized carbons (Fsp3) is 0.562. The van der Waals surface area contributed by atoms with Gasteiger partial charge in [0, 0.05) is 25.2 Å². The number of amides is 2. The summed E-state index contributed by atoms with van der Waals surface area (Å²) in [6, 6.07) is 5.85. The lowest BCUT2D eigenvalue weighted by atomic mass is 10.1. The van der Waals surface area contributed by atoms with Crippen molar-refractivity contribution in [3.8, 4) is 0 Å². The molecule has 1 aliphatic carbocycles.